The van der Waals surface area contributed by atoms with Gasteiger partial charge in [0.2, 0.25) is 0 Å². The van der Waals surface area contributed by atoms with E-state index >= 15 is 0 Å². The van der Waals surface area contributed by atoms with Gasteiger partial charge in [0.1, 0.15) is 23.8 Å². The maximum absolute atomic E-state index is 14.0. The van der Waals surface area contributed by atoms with Gasteiger partial charge in [-0.1, -0.05) is 6.07 Å². The van der Waals surface area contributed by atoms with Crippen LogP contribution in [0.4, 0.5) is 24.8 Å². The molecule has 0 aliphatic carbocycles. The minimum Gasteiger partial charge on any atom is -0.383 e. The molecule has 4 N–H and O–H groups in total. The number of carbonyl (C=O) groups is 1. The molecule has 192 valence electrons. The Kier molecular flexibility index (Phi) is 6.88. The number of fused-ring (bicyclic) bond motifs is 1. The van der Waals surface area contributed by atoms with Crippen molar-refractivity contribution in [1.29, 1.82) is 0 Å². The number of nitrogen functional groups attached to an aromatic ring is 1. The van der Waals surface area contributed by atoms with Crippen molar-refractivity contribution in [2.75, 3.05) is 11.1 Å². The molecule has 0 aliphatic heterocycles. The summed E-state index contributed by atoms with van der Waals surface area (Å²) in [5.74, 6) is -2.79. The maximum Gasteiger partial charge on any atom is 0.255 e. The van der Waals surface area contributed by atoms with Gasteiger partial charge in [0.25, 0.3) is 5.91 Å². The molecule has 12 heteroatoms. The average molecular weight is 536 g/mol. The molecule has 5 aromatic rings. The number of benzene rings is 1. The number of pyridine rings is 2. The van der Waals surface area contributed by atoms with Gasteiger partial charge in [-0.15, -0.1) is 11.3 Å². The van der Waals surface area contributed by atoms with Crippen LogP contribution in [0.1, 0.15) is 33.8 Å². The van der Waals surface area contributed by atoms with Crippen LogP contribution in [0.15, 0.2) is 61.2 Å². The second-order valence-corrected chi connectivity index (χ2v) is 9.55. The van der Waals surface area contributed by atoms with Crippen LogP contribution in [-0.2, 0) is 6.54 Å². The molecule has 0 radical (unpaired) electrons. The molecule has 1 aromatic carbocycles. The number of rotatable bonds is 7. The standard InChI is InChI=1S/C26H20F3N7OS/c1-13(14-2-4-19(28)20(29)6-14)36-26(37)18-7-15(27)9-32-25(18)33-10-16-3-5-23(38-16)21-8-17-22(11-31-21)34-12-35-24(17)30/h2-9,11-13H,10H2,1H3,(H,32,33)(H,36,37)(H2,30,34,35)/t13-/m0/s1. The summed E-state index contributed by atoms with van der Waals surface area (Å²) in [5.41, 5.74) is 7.65. The molecule has 4 heterocycles. The fraction of sp³-hybridized carbons (Fsp3) is 0.115. The Morgan fingerprint density at radius 3 is 2.66 bits per heavy atom. The normalized spacial score (nSPS) is 11.9. The highest BCUT2D eigenvalue weighted by atomic mass is 32.1. The Bertz CT molecular complexity index is 1660. The number of thiophene rings is 1. The molecular formula is C26H20F3N7OS. The van der Waals surface area contributed by atoms with Crippen molar-refractivity contribution in [3.8, 4) is 10.6 Å². The predicted molar refractivity (Wildman–Crippen MR) is 139 cm³/mol. The molecule has 4 aromatic heterocycles. The number of halogens is 3. The van der Waals surface area contributed by atoms with E-state index in [1.165, 1.54) is 23.7 Å². The van der Waals surface area contributed by atoms with E-state index in [4.69, 9.17) is 5.73 Å². The predicted octanol–water partition coefficient (Wildman–Crippen LogP) is 5.25. The summed E-state index contributed by atoms with van der Waals surface area (Å²) in [4.78, 5) is 31.4. The topological polar surface area (TPSA) is 119 Å². The number of nitrogens with one attached hydrogen (secondary N) is 2. The van der Waals surface area contributed by atoms with Gasteiger partial charge in [0.15, 0.2) is 11.6 Å². The number of hydrogen-bond donors (Lipinski definition) is 3. The zero-order valence-corrected chi connectivity index (χ0v) is 20.7. The van der Waals surface area contributed by atoms with E-state index in [0.29, 0.717) is 34.5 Å². The van der Waals surface area contributed by atoms with Crippen LogP contribution in [0.3, 0.4) is 0 Å². The van der Waals surface area contributed by atoms with Crippen LogP contribution in [0.2, 0.25) is 0 Å². The van der Waals surface area contributed by atoms with E-state index in [-0.39, 0.29) is 11.4 Å². The lowest BCUT2D eigenvalue weighted by atomic mass is 10.1. The molecule has 0 fully saturated rings. The second kappa shape index (κ2) is 10.4. The maximum atomic E-state index is 14.0. The summed E-state index contributed by atoms with van der Waals surface area (Å²) >= 11 is 1.47. The van der Waals surface area contributed by atoms with Gasteiger partial charge in [-0.05, 0) is 48.9 Å². The SMILES string of the molecule is C[C@H](NC(=O)c1cc(F)cnc1NCc1ccc(-c2cc3c(N)ncnc3cn2)s1)c1ccc(F)c(F)c1. The largest absolute Gasteiger partial charge is 0.383 e. The Morgan fingerprint density at radius 2 is 1.84 bits per heavy atom. The van der Waals surface area contributed by atoms with E-state index in [2.05, 4.69) is 30.6 Å². The number of anilines is 2. The molecule has 1 atom stereocenters. The third kappa shape index (κ3) is 5.25. The molecule has 0 aliphatic rings. The summed E-state index contributed by atoms with van der Waals surface area (Å²) in [6.45, 7) is 1.92. The third-order valence-corrected chi connectivity index (χ3v) is 6.89. The third-order valence-electron chi connectivity index (χ3n) is 5.79. The molecule has 0 saturated heterocycles. The molecule has 0 saturated carbocycles. The first-order valence-electron chi connectivity index (χ1n) is 11.4. The molecular weight excluding hydrogens is 515 g/mol. The van der Waals surface area contributed by atoms with Crippen molar-refractivity contribution < 1.29 is 18.0 Å². The van der Waals surface area contributed by atoms with Gasteiger partial charge in [-0.3, -0.25) is 9.78 Å². The Balaban J connectivity index is 1.31. The Labute approximate surface area is 218 Å². The molecule has 38 heavy (non-hydrogen) atoms. The van der Waals surface area contributed by atoms with E-state index in [9.17, 15) is 18.0 Å². The highest BCUT2D eigenvalue weighted by molar-refractivity contribution is 7.15. The highest BCUT2D eigenvalue weighted by Crippen LogP contribution is 2.30. The highest BCUT2D eigenvalue weighted by Gasteiger charge is 2.18. The summed E-state index contributed by atoms with van der Waals surface area (Å²) in [5, 5.41) is 6.44. The van der Waals surface area contributed by atoms with Crippen LogP contribution < -0.4 is 16.4 Å². The fourth-order valence-corrected chi connectivity index (χ4v) is 4.70. The van der Waals surface area contributed by atoms with Crippen LogP contribution in [0, 0.1) is 17.5 Å². The van der Waals surface area contributed by atoms with Crippen LogP contribution in [0.25, 0.3) is 21.5 Å². The first-order valence-corrected chi connectivity index (χ1v) is 12.2. The molecule has 1 amide bonds. The lowest BCUT2D eigenvalue weighted by Crippen LogP contribution is -2.28. The molecule has 0 unspecified atom stereocenters. The van der Waals surface area contributed by atoms with Gasteiger partial charge < -0.3 is 16.4 Å². The van der Waals surface area contributed by atoms with Gasteiger partial charge >= 0.3 is 0 Å². The van der Waals surface area contributed by atoms with E-state index in [1.54, 1.807) is 13.1 Å². The molecule has 5 rings (SSSR count). The molecule has 0 spiro atoms. The first-order chi connectivity index (χ1) is 18.3. The van der Waals surface area contributed by atoms with Crippen molar-refractivity contribution in [2.24, 2.45) is 0 Å². The van der Waals surface area contributed by atoms with Gasteiger partial charge in [0.05, 0.1) is 46.6 Å². The number of aromatic nitrogens is 4. The van der Waals surface area contributed by atoms with Gasteiger partial charge in [-0.25, -0.2) is 28.1 Å². The zero-order chi connectivity index (χ0) is 26.8. The Hall–Kier alpha value is -4.58. The summed E-state index contributed by atoms with van der Waals surface area (Å²) in [6, 6.07) is 9.39. The van der Waals surface area contributed by atoms with Crippen molar-refractivity contribution in [1.82, 2.24) is 25.3 Å². The summed E-state index contributed by atoms with van der Waals surface area (Å²) in [7, 11) is 0. The number of amides is 1. The van der Waals surface area contributed by atoms with Crippen LogP contribution in [0.5, 0.6) is 0 Å². The summed E-state index contributed by atoms with van der Waals surface area (Å²) < 4.78 is 40.8. The van der Waals surface area contributed by atoms with Crippen molar-refractivity contribution in [2.45, 2.75) is 19.5 Å². The van der Waals surface area contributed by atoms with E-state index < -0.39 is 29.4 Å². The van der Waals surface area contributed by atoms with E-state index in [0.717, 1.165) is 34.2 Å². The minimum absolute atomic E-state index is 0.0251. The van der Waals surface area contributed by atoms with Gasteiger partial charge in [0, 0.05) is 10.3 Å². The number of carbonyl (C=O) groups excluding carboxylic acids is 1. The zero-order valence-electron chi connectivity index (χ0n) is 19.9. The van der Waals surface area contributed by atoms with Crippen molar-refractivity contribution in [3.05, 3.63) is 94.6 Å². The quantitative estimate of drug-likeness (QED) is 0.260. The number of nitrogens with zero attached hydrogens (tertiary/aromatic N) is 4. The van der Waals surface area contributed by atoms with Crippen molar-refractivity contribution in [3.63, 3.8) is 0 Å². The first kappa shape index (κ1) is 25.1. The fourth-order valence-electron chi connectivity index (χ4n) is 3.79. The number of nitrogens with two attached hydrogens (primary N) is 1. The van der Waals surface area contributed by atoms with Crippen molar-refractivity contribution >= 4 is 39.8 Å². The van der Waals surface area contributed by atoms with E-state index in [1.807, 2.05) is 18.2 Å². The monoisotopic (exact) mass is 535 g/mol. The average Bonchev–Trinajstić information content (AvgIpc) is 3.38. The van der Waals surface area contributed by atoms with Crippen LogP contribution >= 0.6 is 11.3 Å². The Morgan fingerprint density at radius 1 is 1.00 bits per heavy atom. The lowest BCUT2D eigenvalue weighted by Gasteiger charge is -2.16. The van der Waals surface area contributed by atoms with Gasteiger partial charge in [-0.2, -0.15) is 0 Å². The minimum atomic E-state index is -1.02. The molecule has 8 nitrogen and oxygen atoms in total. The second-order valence-electron chi connectivity index (χ2n) is 8.38. The smallest absolute Gasteiger partial charge is 0.255 e. The number of hydrogen-bond acceptors (Lipinski definition) is 8. The lowest BCUT2D eigenvalue weighted by molar-refractivity contribution is 0.0939. The molecule has 0 bridgehead atoms. The summed E-state index contributed by atoms with van der Waals surface area (Å²) in [6.07, 6.45) is 4.02. The van der Waals surface area contributed by atoms with Crippen LogP contribution in [-0.4, -0.2) is 25.8 Å².